The zero-order valence-electron chi connectivity index (χ0n) is 20.4. The van der Waals surface area contributed by atoms with Crippen molar-refractivity contribution in [1.82, 2.24) is 19.6 Å². The van der Waals surface area contributed by atoms with Crippen LogP contribution in [0.2, 0.25) is 0 Å². The van der Waals surface area contributed by atoms with E-state index in [1.54, 1.807) is 22.5 Å². The first-order valence-corrected chi connectivity index (χ1v) is 13.4. The lowest BCUT2D eigenvalue weighted by molar-refractivity contribution is 0.577. The second kappa shape index (κ2) is 9.36. The molecular formula is C31H23N5OS. The molecule has 3 aromatic heterocycles. The Balaban J connectivity index is 1.17. The third-order valence-electron chi connectivity index (χ3n) is 6.78. The monoisotopic (exact) mass is 513 g/mol. The van der Waals surface area contributed by atoms with Crippen molar-refractivity contribution in [3.05, 3.63) is 120 Å². The number of thioether (sulfide) groups is 1. The number of furan rings is 1. The molecule has 0 aliphatic carbocycles. The van der Waals surface area contributed by atoms with Crippen molar-refractivity contribution < 1.29 is 4.42 Å². The van der Waals surface area contributed by atoms with Crippen LogP contribution in [0.5, 0.6) is 0 Å². The number of hydrogen-bond acceptors (Lipinski definition) is 6. The van der Waals surface area contributed by atoms with Crippen molar-refractivity contribution in [2.45, 2.75) is 17.2 Å². The minimum Gasteiger partial charge on any atom is -0.461 e. The van der Waals surface area contributed by atoms with Crippen LogP contribution in [0.15, 0.2) is 113 Å². The van der Waals surface area contributed by atoms with Crippen LogP contribution in [0.4, 0.5) is 5.95 Å². The predicted molar refractivity (Wildman–Crippen MR) is 153 cm³/mol. The van der Waals surface area contributed by atoms with Crippen LogP contribution in [0.1, 0.15) is 16.7 Å². The highest BCUT2D eigenvalue weighted by Crippen LogP contribution is 2.30. The summed E-state index contributed by atoms with van der Waals surface area (Å²) in [5.41, 5.74) is 10.8. The maximum absolute atomic E-state index is 6.22. The van der Waals surface area contributed by atoms with Gasteiger partial charge in [0.15, 0.2) is 11.4 Å². The van der Waals surface area contributed by atoms with Gasteiger partial charge in [-0.05, 0) is 68.9 Å². The molecule has 6 nitrogen and oxygen atoms in total. The Kier molecular flexibility index (Phi) is 5.56. The van der Waals surface area contributed by atoms with E-state index in [9.17, 15) is 0 Å². The third-order valence-corrected chi connectivity index (χ3v) is 7.74. The van der Waals surface area contributed by atoms with Crippen molar-refractivity contribution in [2.75, 3.05) is 5.73 Å². The molecule has 0 amide bonds. The standard InChI is InChI=1S/C31H23N5OS/c32-31-34-29(18-28-33-30(35-36(28)31)27-13-6-14-37-27)38-19-25-10-4-3-8-21(25)16-24-12-5-11-23-15-20-7-1-2-9-22(20)17-26(23)24/h1-15,17-18H,16,19H2,(H2,32,34). The van der Waals surface area contributed by atoms with Crippen molar-refractivity contribution in [3.63, 3.8) is 0 Å². The predicted octanol–water partition coefficient (Wildman–Crippen LogP) is 7.16. The molecule has 7 aromatic rings. The average Bonchev–Trinajstić information content (AvgIpc) is 3.62. The van der Waals surface area contributed by atoms with E-state index in [2.05, 4.69) is 93.9 Å². The summed E-state index contributed by atoms with van der Waals surface area (Å²) in [7, 11) is 0. The van der Waals surface area contributed by atoms with E-state index in [0.717, 1.165) is 17.2 Å². The zero-order chi connectivity index (χ0) is 25.5. The smallest absolute Gasteiger partial charge is 0.224 e. The molecule has 0 atom stereocenters. The van der Waals surface area contributed by atoms with E-state index < -0.39 is 0 Å². The SMILES string of the molecule is Nc1nc(SCc2ccccc2Cc2cccc3cc4ccccc4cc23)cc2nc(-c3ccco3)nn12. The van der Waals surface area contributed by atoms with E-state index in [1.807, 2.05) is 18.2 Å². The number of hydrogen-bond donors (Lipinski definition) is 1. The lowest BCUT2D eigenvalue weighted by atomic mass is 9.94. The van der Waals surface area contributed by atoms with Gasteiger partial charge < -0.3 is 10.2 Å². The summed E-state index contributed by atoms with van der Waals surface area (Å²) in [4.78, 5) is 9.15. The van der Waals surface area contributed by atoms with Crippen molar-refractivity contribution in [1.29, 1.82) is 0 Å². The van der Waals surface area contributed by atoms with Gasteiger partial charge in [-0.15, -0.1) is 16.9 Å². The molecular weight excluding hydrogens is 490 g/mol. The summed E-state index contributed by atoms with van der Waals surface area (Å²) in [5.74, 6) is 2.15. The molecule has 0 spiro atoms. The highest BCUT2D eigenvalue weighted by atomic mass is 32.2. The van der Waals surface area contributed by atoms with Crippen molar-refractivity contribution in [3.8, 4) is 11.6 Å². The first-order valence-electron chi connectivity index (χ1n) is 12.4. The fraction of sp³-hybridized carbons (Fsp3) is 0.0645. The van der Waals surface area contributed by atoms with Gasteiger partial charge in [0.25, 0.3) is 0 Å². The van der Waals surface area contributed by atoms with Gasteiger partial charge in [0.2, 0.25) is 11.8 Å². The fourth-order valence-electron chi connectivity index (χ4n) is 4.89. The molecule has 38 heavy (non-hydrogen) atoms. The molecule has 0 saturated carbocycles. The normalized spacial score (nSPS) is 11.6. The Hall–Kier alpha value is -4.62. The number of aromatic nitrogens is 4. The van der Waals surface area contributed by atoms with Gasteiger partial charge in [0.1, 0.15) is 5.03 Å². The Labute approximate surface area is 223 Å². The summed E-state index contributed by atoms with van der Waals surface area (Å²) in [6.07, 6.45) is 2.46. The van der Waals surface area contributed by atoms with Gasteiger partial charge in [0.05, 0.1) is 6.26 Å². The largest absolute Gasteiger partial charge is 0.461 e. The Morgan fingerprint density at radius 1 is 0.737 bits per heavy atom. The third kappa shape index (κ3) is 4.17. The summed E-state index contributed by atoms with van der Waals surface area (Å²) in [6.45, 7) is 0. The fourth-order valence-corrected chi connectivity index (χ4v) is 5.82. The van der Waals surface area contributed by atoms with E-state index in [0.29, 0.717) is 23.2 Å². The molecule has 3 heterocycles. The minimum absolute atomic E-state index is 0.298. The summed E-state index contributed by atoms with van der Waals surface area (Å²) < 4.78 is 6.97. The first kappa shape index (κ1) is 22.6. The molecule has 0 saturated heterocycles. The summed E-state index contributed by atoms with van der Waals surface area (Å²) in [6, 6.07) is 33.9. The van der Waals surface area contributed by atoms with E-state index in [4.69, 9.17) is 10.2 Å². The number of nitrogens with two attached hydrogens (primary N) is 1. The number of fused-ring (bicyclic) bond motifs is 3. The highest BCUT2D eigenvalue weighted by molar-refractivity contribution is 7.98. The van der Waals surface area contributed by atoms with Crippen LogP contribution >= 0.6 is 11.8 Å². The second-order valence-corrected chi connectivity index (χ2v) is 10.2. The molecule has 0 unspecified atom stereocenters. The lowest BCUT2D eigenvalue weighted by Gasteiger charge is -2.12. The van der Waals surface area contributed by atoms with Crippen LogP contribution in [0, 0.1) is 0 Å². The highest BCUT2D eigenvalue weighted by Gasteiger charge is 2.14. The number of benzene rings is 4. The van der Waals surface area contributed by atoms with Crippen molar-refractivity contribution in [2.24, 2.45) is 0 Å². The zero-order valence-corrected chi connectivity index (χ0v) is 21.2. The van der Waals surface area contributed by atoms with Crippen LogP contribution in [0.3, 0.4) is 0 Å². The van der Waals surface area contributed by atoms with Gasteiger partial charge in [-0.3, -0.25) is 0 Å². The van der Waals surface area contributed by atoms with Crippen LogP contribution in [0.25, 0.3) is 38.8 Å². The molecule has 0 bridgehead atoms. The molecule has 0 aliphatic heterocycles. The molecule has 7 rings (SSSR count). The summed E-state index contributed by atoms with van der Waals surface area (Å²) in [5, 5.41) is 10.3. The summed E-state index contributed by atoms with van der Waals surface area (Å²) >= 11 is 1.64. The molecule has 2 N–H and O–H groups in total. The molecule has 7 heteroatoms. The van der Waals surface area contributed by atoms with Crippen LogP contribution in [-0.4, -0.2) is 19.6 Å². The molecule has 4 aromatic carbocycles. The van der Waals surface area contributed by atoms with Gasteiger partial charge >= 0.3 is 0 Å². The Bertz CT molecular complexity index is 1930. The average molecular weight is 514 g/mol. The van der Waals surface area contributed by atoms with Crippen LogP contribution in [-0.2, 0) is 12.2 Å². The maximum Gasteiger partial charge on any atom is 0.224 e. The van der Waals surface area contributed by atoms with Gasteiger partial charge in [-0.1, -0.05) is 66.7 Å². The first-order chi connectivity index (χ1) is 18.7. The topological polar surface area (TPSA) is 82.2 Å². The van der Waals surface area contributed by atoms with Gasteiger partial charge in [-0.25, -0.2) is 9.97 Å². The molecule has 0 aliphatic rings. The lowest BCUT2D eigenvalue weighted by Crippen LogP contribution is -2.03. The van der Waals surface area contributed by atoms with Gasteiger partial charge in [0, 0.05) is 11.8 Å². The van der Waals surface area contributed by atoms with Crippen molar-refractivity contribution >= 4 is 44.9 Å². The second-order valence-electron chi connectivity index (χ2n) is 9.21. The number of rotatable bonds is 6. The Morgan fingerprint density at radius 2 is 1.50 bits per heavy atom. The van der Waals surface area contributed by atoms with E-state index in [1.165, 1.54) is 38.2 Å². The molecule has 0 fully saturated rings. The minimum atomic E-state index is 0.298. The van der Waals surface area contributed by atoms with E-state index >= 15 is 0 Å². The maximum atomic E-state index is 6.22. The number of nitrogen functional groups attached to an aromatic ring is 1. The number of nitrogens with zero attached hydrogens (tertiary/aromatic N) is 4. The van der Waals surface area contributed by atoms with Crippen LogP contribution < -0.4 is 5.73 Å². The number of anilines is 1. The molecule has 0 radical (unpaired) electrons. The van der Waals surface area contributed by atoms with E-state index in [-0.39, 0.29) is 0 Å². The Morgan fingerprint density at radius 3 is 2.34 bits per heavy atom. The molecule has 184 valence electrons. The van der Waals surface area contributed by atoms with Gasteiger partial charge in [-0.2, -0.15) is 4.52 Å². The quantitative estimate of drug-likeness (QED) is 0.144.